The fourth-order valence-electron chi connectivity index (χ4n) is 0.946. The molecule has 5 atom stereocenters. The van der Waals surface area contributed by atoms with E-state index in [1.165, 1.54) is 0 Å². The molecule has 0 aliphatic heterocycles. The van der Waals surface area contributed by atoms with Crippen molar-refractivity contribution < 1.29 is 40.2 Å². The van der Waals surface area contributed by atoms with Gasteiger partial charge in [0.1, 0.15) is 24.4 Å². The highest BCUT2D eigenvalue weighted by molar-refractivity contribution is 5.66. The summed E-state index contributed by atoms with van der Waals surface area (Å²) in [6, 6.07) is 0. The molecule has 0 amide bonds. The SMILES string of the molecule is CC(=O)OC(O)[C@H](O)[C@H](O)[C@H](O)[C@H](O)CO. The predicted octanol–water partition coefficient (Wildman–Crippen LogP) is -3.70. The van der Waals surface area contributed by atoms with Gasteiger partial charge in [-0.2, -0.15) is 0 Å². The fourth-order valence-corrected chi connectivity index (χ4v) is 0.946. The Balaban J connectivity index is 4.35. The number of aliphatic hydroxyl groups is 6. The van der Waals surface area contributed by atoms with Crippen LogP contribution in [0, 0.1) is 0 Å². The monoisotopic (exact) mass is 240 g/mol. The first-order chi connectivity index (χ1) is 7.31. The second-order valence-electron chi connectivity index (χ2n) is 3.22. The summed E-state index contributed by atoms with van der Waals surface area (Å²) >= 11 is 0. The van der Waals surface area contributed by atoms with E-state index in [2.05, 4.69) is 4.74 Å². The maximum atomic E-state index is 10.4. The van der Waals surface area contributed by atoms with E-state index in [1.807, 2.05) is 0 Å². The molecule has 0 fully saturated rings. The average Bonchev–Trinajstić information content (AvgIpc) is 2.23. The maximum Gasteiger partial charge on any atom is 0.305 e. The van der Waals surface area contributed by atoms with Gasteiger partial charge in [-0.05, 0) is 0 Å². The zero-order valence-electron chi connectivity index (χ0n) is 8.59. The molecule has 0 radical (unpaired) electrons. The number of carbonyl (C=O) groups excluding carboxylic acids is 1. The van der Waals surface area contributed by atoms with Crippen molar-refractivity contribution in [3.05, 3.63) is 0 Å². The van der Waals surface area contributed by atoms with Crippen molar-refractivity contribution in [2.75, 3.05) is 6.61 Å². The van der Waals surface area contributed by atoms with Crippen molar-refractivity contribution in [1.82, 2.24) is 0 Å². The van der Waals surface area contributed by atoms with Crippen LogP contribution in [0.3, 0.4) is 0 Å². The lowest BCUT2D eigenvalue weighted by molar-refractivity contribution is -0.212. The van der Waals surface area contributed by atoms with Gasteiger partial charge in [0.15, 0.2) is 0 Å². The fraction of sp³-hybridized carbons (Fsp3) is 0.875. The molecule has 0 aliphatic carbocycles. The molecule has 0 rings (SSSR count). The Labute approximate surface area is 91.3 Å². The predicted molar refractivity (Wildman–Crippen MR) is 48.9 cm³/mol. The number of ether oxygens (including phenoxy) is 1. The second kappa shape index (κ2) is 6.74. The molecule has 8 nitrogen and oxygen atoms in total. The normalized spacial score (nSPS) is 20.7. The van der Waals surface area contributed by atoms with Gasteiger partial charge < -0.3 is 35.4 Å². The standard InChI is InChI=1S/C8H16O8/c1-3(10)16-8(15)7(14)6(13)5(12)4(11)2-9/h4-9,11-15H,2H2,1H3/t4-,5-,6-,7-,8?/m1/s1. The minimum Gasteiger partial charge on any atom is -0.433 e. The molecule has 96 valence electrons. The van der Waals surface area contributed by atoms with Crippen molar-refractivity contribution in [3.63, 3.8) is 0 Å². The van der Waals surface area contributed by atoms with Crippen LogP contribution in [-0.2, 0) is 9.53 Å². The van der Waals surface area contributed by atoms with Gasteiger partial charge in [0, 0.05) is 6.92 Å². The van der Waals surface area contributed by atoms with Crippen LogP contribution in [0.4, 0.5) is 0 Å². The Kier molecular flexibility index (Phi) is 6.41. The molecular weight excluding hydrogens is 224 g/mol. The van der Waals surface area contributed by atoms with E-state index in [1.54, 1.807) is 0 Å². The van der Waals surface area contributed by atoms with Crippen molar-refractivity contribution in [2.24, 2.45) is 0 Å². The van der Waals surface area contributed by atoms with E-state index < -0.39 is 43.3 Å². The first-order valence-corrected chi connectivity index (χ1v) is 4.49. The smallest absolute Gasteiger partial charge is 0.305 e. The lowest BCUT2D eigenvalue weighted by Gasteiger charge is -2.27. The van der Waals surface area contributed by atoms with E-state index >= 15 is 0 Å². The summed E-state index contributed by atoms with van der Waals surface area (Å²) in [6.45, 7) is 0.135. The Hall–Kier alpha value is -0.770. The van der Waals surface area contributed by atoms with Gasteiger partial charge in [-0.1, -0.05) is 0 Å². The Bertz CT molecular complexity index is 220. The molecule has 0 aromatic rings. The highest BCUT2D eigenvalue weighted by Gasteiger charge is 2.35. The summed E-state index contributed by atoms with van der Waals surface area (Å²) in [5, 5.41) is 54.1. The van der Waals surface area contributed by atoms with Gasteiger partial charge in [0.05, 0.1) is 6.61 Å². The van der Waals surface area contributed by atoms with Crippen molar-refractivity contribution in [2.45, 2.75) is 37.6 Å². The van der Waals surface area contributed by atoms with Crippen molar-refractivity contribution >= 4 is 5.97 Å². The summed E-state index contributed by atoms with van der Waals surface area (Å²) in [5.41, 5.74) is 0. The van der Waals surface area contributed by atoms with Crippen LogP contribution < -0.4 is 0 Å². The molecule has 16 heavy (non-hydrogen) atoms. The Morgan fingerprint density at radius 3 is 1.94 bits per heavy atom. The summed E-state index contributed by atoms with van der Waals surface area (Å²) in [7, 11) is 0. The average molecular weight is 240 g/mol. The quantitative estimate of drug-likeness (QED) is 0.205. The van der Waals surface area contributed by atoms with Gasteiger partial charge in [0.2, 0.25) is 6.29 Å². The van der Waals surface area contributed by atoms with E-state index in [0.29, 0.717) is 0 Å². The van der Waals surface area contributed by atoms with Crippen molar-refractivity contribution in [1.29, 1.82) is 0 Å². The molecule has 0 saturated carbocycles. The number of carbonyl (C=O) groups is 1. The Morgan fingerprint density at radius 2 is 1.56 bits per heavy atom. The topological polar surface area (TPSA) is 148 Å². The van der Waals surface area contributed by atoms with Crippen LogP contribution in [0.1, 0.15) is 6.92 Å². The maximum absolute atomic E-state index is 10.4. The molecule has 0 heterocycles. The number of hydrogen-bond acceptors (Lipinski definition) is 8. The van der Waals surface area contributed by atoms with E-state index in [0.717, 1.165) is 6.92 Å². The van der Waals surface area contributed by atoms with Crippen LogP contribution in [0.25, 0.3) is 0 Å². The Morgan fingerprint density at radius 1 is 1.06 bits per heavy atom. The largest absolute Gasteiger partial charge is 0.433 e. The van der Waals surface area contributed by atoms with E-state index in [9.17, 15) is 15.0 Å². The third kappa shape index (κ3) is 4.39. The van der Waals surface area contributed by atoms with Crippen LogP contribution >= 0.6 is 0 Å². The zero-order valence-corrected chi connectivity index (χ0v) is 8.59. The molecule has 0 spiro atoms. The highest BCUT2D eigenvalue weighted by atomic mass is 16.6. The second-order valence-corrected chi connectivity index (χ2v) is 3.22. The third-order valence-corrected chi connectivity index (χ3v) is 1.86. The molecule has 6 N–H and O–H groups in total. The minimum atomic E-state index is -2.03. The molecule has 1 unspecified atom stereocenters. The number of hydrogen-bond donors (Lipinski definition) is 6. The first-order valence-electron chi connectivity index (χ1n) is 4.49. The summed E-state index contributed by atoms with van der Waals surface area (Å²) in [5.74, 6) is -0.893. The van der Waals surface area contributed by atoms with E-state index in [4.69, 9.17) is 20.4 Å². The molecule has 0 aromatic carbocycles. The van der Waals surface area contributed by atoms with Gasteiger partial charge in [-0.25, -0.2) is 0 Å². The third-order valence-electron chi connectivity index (χ3n) is 1.86. The van der Waals surface area contributed by atoms with Crippen LogP contribution in [0.15, 0.2) is 0 Å². The van der Waals surface area contributed by atoms with Gasteiger partial charge in [0.25, 0.3) is 0 Å². The molecule has 0 saturated heterocycles. The summed E-state index contributed by atoms with van der Waals surface area (Å²) < 4.78 is 4.15. The first kappa shape index (κ1) is 15.2. The summed E-state index contributed by atoms with van der Waals surface area (Å²) in [4.78, 5) is 10.4. The lowest BCUT2D eigenvalue weighted by Crippen LogP contribution is -2.50. The number of esters is 1. The number of aliphatic hydroxyl groups excluding tert-OH is 6. The van der Waals surface area contributed by atoms with Gasteiger partial charge >= 0.3 is 5.97 Å². The highest BCUT2D eigenvalue weighted by Crippen LogP contribution is 2.09. The minimum absolute atomic E-state index is 0.839. The van der Waals surface area contributed by atoms with Crippen LogP contribution in [0.5, 0.6) is 0 Å². The molecule has 0 bridgehead atoms. The van der Waals surface area contributed by atoms with Gasteiger partial charge in [-0.3, -0.25) is 4.79 Å². The van der Waals surface area contributed by atoms with Gasteiger partial charge in [-0.15, -0.1) is 0 Å². The lowest BCUT2D eigenvalue weighted by atomic mass is 10.0. The number of rotatable bonds is 6. The zero-order chi connectivity index (χ0) is 12.9. The summed E-state index contributed by atoms with van der Waals surface area (Å²) in [6.07, 6.45) is -9.58. The van der Waals surface area contributed by atoms with E-state index in [-0.39, 0.29) is 0 Å². The van der Waals surface area contributed by atoms with Crippen LogP contribution in [0.2, 0.25) is 0 Å². The molecule has 0 aromatic heterocycles. The molecular formula is C8H16O8. The van der Waals surface area contributed by atoms with Crippen LogP contribution in [-0.4, -0.2) is 73.9 Å². The van der Waals surface area contributed by atoms with Crippen molar-refractivity contribution in [3.8, 4) is 0 Å². The molecule has 0 aliphatic rings. The molecule has 8 heteroatoms.